The van der Waals surface area contributed by atoms with Crippen LogP contribution in [0.5, 0.6) is 5.75 Å². The van der Waals surface area contributed by atoms with Crippen LogP contribution in [0.15, 0.2) is 41.3 Å². The van der Waals surface area contributed by atoms with Gasteiger partial charge in [0.25, 0.3) is 0 Å². The van der Waals surface area contributed by atoms with Gasteiger partial charge in [-0.3, -0.25) is 0 Å². The zero-order valence-corrected chi connectivity index (χ0v) is 17.9. The molecule has 29 heavy (non-hydrogen) atoms. The van der Waals surface area contributed by atoms with Crippen molar-refractivity contribution in [2.45, 2.75) is 42.9 Å². The van der Waals surface area contributed by atoms with Crippen molar-refractivity contribution in [2.24, 2.45) is 0 Å². The second-order valence-electron chi connectivity index (χ2n) is 7.58. The number of halogens is 3. The fraction of sp³-hybridized carbons (Fsp3) is 0.400. The van der Waals surface area contributed by atoms with Gasteiger partial charge in [-0.25, -0.2) is 21.9 Å². The zero-order valence-electron chi connectivity index (χ0n) is 16.4. The number of ether oxygens (including phenoxy) is 1. The number of alkyl halides is 1. The first-order chi connectivity index (χ1) is 13.5. The first-order valence-electron chi connectivity index (χ1n) is 9.05. The Balaban J connectivity index is 1.72. The number of anilines is 1. The molecule has 5 nitrogen and oxygen atoms in total. The number of hydrogen-bond acceptors (Lipinski definition) is 4. The number of nitrogens with zero attached hydrogens (tertiary/aromatic N) is 1. The molecule has 1 aliphatic rings. The standard InChI is InChI=1S/C20H23ClF2N2O3S/c1-20(23)10-14(11-20)24-29(26,27)15-5-6-18(16(21)9-15)25(2)12-13-4-7-19(28-3)17(22)8-13/h4-9,14,24H,10-12H2,1-3H3. The Morgan fingerprint density at radius 1 is 1.28 bits per heavy atom. The normalized spacial score (nSPS) is 21.5. The van der Waals surface area contributed by atoms with Crippen LogP contribution in [0.25, 0.3) is 0 Å². The van der Waals surface area contributed by atoms with Crippen LogP contribution in [0.2, 0.25) is 5.02 Å². The highest BCUT2D eigenvalue weighted by Crippen LogP contribution is 2.36. The second kappa shape index (κ2) is 8.08. The molecular weight excluding hydrogens is 422 g/mol. The molecular formula is C20H23ClF2N2O3S. The van der Waals surface area contributed by atoms with E-state index in [-0.39, 0.29) is 28.5 Å². The van der Waals surface area contributed by atoms with Gasteiger partial charge in [0.2, 0.25) is 10.0 Å². The number of benzene rings is 2. The highest BCUT2D eigenvalue weighted by molar-refractivity contribution is 7.89. The van der Waals surface area contributed by atoms with Gasteiger partial charge in [0.15, 0.2) is 11.6 Å². The monoisotopic (exact) mass is 444 g/mol. The summed E-state index contributed by atoms with van der Waals surface area (Å²) in [5.74, 6) is -0.298. The molecule has 2 aromatic carbocycles. The molecule has 0 atom stereocenters. The van der Waals surface area contributed by atoms with E-state index in [9.17, 15) is 17.2 Å². The Morgan fingerprint density at radius 3 is 2.52 bits per heavy atom. The van der Waals surface area contributed by atoms with Gasteiger partial charge in [-0.15, -0.1) is 0 Å². The molecule has 0 aliphatic heterocycles. The van der Waals surface area contributed by atoms with Gasteiger partial charge in [-0.05, 0) is 55.7 Å². The Hall–Kier alpha value is -1.90. The van der Waals surface area contributed by atoms with Crippen molar-refractivity contribution in [1.82, 2.24) is 4.72 Å². The highest BCUT2D eigenvalue weighted by atomic mass is 35.5. The van der Waals surface area contributed by atoms with E-state index in [1.54, 1.807) is 30.1 Å². The van der Waals surface area contributed by atoms with Crippen LogP contribution < -0.4 is 14.4 Å². The van der Waals surface area contributed by atoms with Crippen LogP contribution in [0.4, 0.5) is 14.5 Å². The summed E-state index contributed by atoms with van der Waals surface area (Å²) in [6.07, 6.45) is 0.304. The quantitative estimate of drug-likeness (QED) is 0.692. The summed E-state index contributed by atoms with van der Waals surface area (Å²) in [4.78, 5) is 1.80. The minimum atomic E-state index is -3.79. The molecule has 1 N–H and O–H groups in total. The van der Waals surface area contributed by atoms with Crippen LogP contribution in [-0.4, -0.2) is 34.3 Å². The summed E-state index contributed by atoms with van der Waals surface area (Å²) >= 11 is 6.32. The average molecular weight is 445 g/mol. The molecule has 1 aliphatic carbocycles. The molecule has 0 bridgehead atoms. The maximum absolute atomic E-state index is 13.9. The molecule has 0 aromatic heterocycles. The summed E-state index contributed by atoms with van der Waals surface area (Å²) in [5.41, 5.74) is -0.0143. The molecule has 3 rings (SSSR count). The van der Waals surface area contributed by atoms with E-state index in [0.29, 0.717) is 17.8 Å². The molecule has 2 aromatic rings. The van der Waals surface area contributed by atoms with Crippen molar-refractivity contribution in [1.29, 1.82) is 0 Å². The molecule has 0 amide bonds. The predicted octanol–water partition coefficient (Wildman–Crippen LogP) is 4.29. The van der Waals surface area contributed by atoms with Crippen molar-refractivity contribution in [2.75, 3.05) is 19.1 Å². The van der Waals surface area contributed by atoms with Gasteiger partial charge in [-0.2, -0.15) is 0 Å². The Kier molecular flexibility index (Phi) is 6.08. The minimum Gasteiger partial charge on any atom is -0.494 e. The van der Waals surface area contributed by atoms with Crippen LogP contribution in [0.1, 0.15) is 25.3 Å². The third-order valence-corrected chi connectivity index (χ3v) is 6.76. The fourth-order valence-electron chi connectivity index (χ4n) is 3.47. The zero-order chi connectivity index (χ0) is 21.4. The van der Waals surface area contributed by atoms with Gasteiger partial charge in [0.1, 0.15) is 5.67 Å². The minimum absolute atomic E-state index is 0.0163. The van der Waals surface area contributed by atoms with Gasteiger partial charge in [-0.1, -0.05) is 17.7 Å². The number of rotatable bonds is 7. The third-order valence-electron chi connectivity index (χ3n) is 4.94. The Morgan fingerprint density at radius 2 is 1.97 bits per heavy atom. The lowest BCUT2D eigenvalue weighted by molar-refractivity contribution is 0.0578. The molecule has 9 heteroatoms. The fourth-order valence-corrected chi connectivity index (χ4v) is 5.12. The SMILES string of the molecule is COc1ccc(CN(C)c2ccc(S(=O)(=O)NC3CC(C)(F)C3)cc2Cl)cc1F. The summed E-state index contributed by atoms with van der Waals surface area (Å²) < 4.78 is 59.9. The third kappa shape index (κ3) is 4.99. The predicted molar refractivity (Wildman–Crippen MR) is 109 cm³/mol. The lowest BCUT2D eigenvalue weighted by Crippen LogP contribution is -2.51. The van der Waals surface area contributed by atoms with Crippen molar-refractivity contribution in [3.63, 3.8) is 0 Å². The maximum atomic E-state index is 13.9. The first-order valence-corrected chi connectivity index (χ1v) is 10.9. The van der Waals surface area contributed by atoms with Crippen LogP contribution in [-0.2, 0) is 16.6 Å². The van der Waals surface area contributed by atoms with Crippen molar-refractivity contribution in [3.8, 4) is 5.75 Å². The van der Waals surface area contributed by atoms with E-state index in [2.05, 4.69) is 4.72 Å². The van der Waals surface area contributed by atoms with Crippen LogP contribution in [0, 0.1) is 5.82 Å². The molecule has 1 fully saturated rings. The lowest BCUT2D eigenvalue weighted by Gasteiger charge is -2.38. The maximum Gasteiger partial charge on any atom is 0.240 e. The number of nitrogens with one attached hydrogen (secondary N) is 1. The van der Waals surface area contributed by atoms with E-state index in [4.69, 9.17) is 16.3 Å². The molecule has 0 radical (unpaired) electrons. The van der Waals surface area contributed by atoms with E-state index in [1.807, 2.05) is 0 Å². The topological polar surface area (TPSA) is 58.6 Å². The molecule has 0 spiro atoms. The van der Waals surface area contributed by atoms with Crippen molar-refractivity contribution in [3.05, 3.63) is 52.8 Å². The Labute approximate surface area is 174 Å². The number of methoxy groups -OCH3 is 1. The van der Waals surface area contributed by atoms with Gasteiger partial charge < -0.3 is 9.64 Å². The summed E-state index contributed by atoms with van der Waals surface area (Å²) in [6.45, 7) is 1.82. The van der Waals surface area contributed by atoms with E-state index in [1.165, 1.54) is 32.2 Å². The highest BCUT2D eigenvalue weighted by Gasteiger charge is 2.42. The summed E-state index contributed by atoms with van der Waals surface area (Å²) in [7, 11) is -0.622. The molecule has 0 heterocycles. The van der Waals surface area contributed by atoms with Crippen LogP contribution >= 0.6 is 11.6 Å². The van der Waals surface area contributed by atoms with E-state index in [0.717, 1.165) is 0 Å². The first kappa shape index (κ1) is 21.8. The molecule has 1 saturated carbocycles. The van der Waals surface area contributed by atoms with E-state index < -0.39 is 27.6 Å². The van der Waals surface area contributed by atoms with Crippen molar-refractivity contribution >= 4 is 27.3 Å². The van der Waals surface area contributed by atoms with Crippen LogP contribution in [0.3, 0.4) is 0 Å². The van der Waals surface area contributed by atoms with Crippen molar-refractivity contribution < 1.29 is 21.9 Å². The largest absolute Gasteiger partial charge is 0.494 e. The average Bonchev–Trinajstić information content (AvgIpc) is 2.59. The van der Waals surface area contributed by atoms with E-state index >= 15 is 0 Å². The number of sulfonamides is 1. The smallest absolute Gasteiger partial charge is 0.240 e. The molecule has 0 unspecified atom stereocenters. The lowest BCUT2D eigenvalue weighted by atomic mass is 9.79. The number of hydrogen-bond donors (Lipinski definition) is 1. The van der Waals surface area contributed by atoms with Gasteiger partial charge >= 0.3 is 0 Å². The second-order valence-corrected chi connectivity index (χ2v) is 9.70. The summed E-state index contributed by atoms with van der Waals surface area (Å²) in [6, 6.07) is 8.65. The Bertz CT molecular complexity index is 1010. The van der Waals surface area contributed by atoms with Gasteiger partial charge in [0, 0.05) is 19.6 Å². The van der Waals surface area contributed by atoms with Gasteiger partial charge in [0.05, 0.1) is 22.7 Å². The molecule has 158 valence electrons. The molecule has 0 saturated heterocycles. The summed E-state index contributed by atoms with van der Waals surface area (Å²) in [5, 5.41) is 0.244.